The molecule has 0 nitrogen and oxygen atoms in total. The van der Waals surface area contributed by atoms with Crippen LogP contribution >= 0.6 is 0 Å². The molecular weight excluding hydrogens is 192 g/mol. The first kappa shape index (κ1) is 9.41. The van der Waals surface area contributed by atoms with Gasteiger partial charge in [-0.3, -0.25) is 0 Å². The minimum atomic E-state index is 0.464. The van der Waals surface area contributed by atoms with E-state index >= 15 is 0 Å². The third kappa shape index (κ3) is 1.30. The van der Waals surface area contributed by atoms with Gasteiger partial charge in [0.15, 0.2) is 0 Å². The number of fused-ring (bicyclic) bond motifs is 3. The fourth-order valence-electron chi connectivity index (χ4n) is 2.58. The molecule has 0 aliphatic heterocycles. The number of hydrogen-bond acceptors (Lipinski definition) is 0. The first-order valence-corrected chi connectivity index (χ1v) is 5.70. The van der Waals surface area contributed by atoms with Crippen LogP contribution in [0.2, 0.25) is 0 Å². The molecule has 0 fully saturated rings. The molecular formula is C16H14. The van der Waals surface area contributed by atoms with Crippen LogP contribution < -0.4 is 0 Å². The number of benzene rings is 2. The number of hydrogen-bond donors (Lipinski definition) is 0. The summed E-state index contributed by atoms with van der Waals surface area (Å²) in [6.07, 6.45) is 3.14. The first-order chi connectivity index (χ1) is 7.90. The lowest BCUT2D eigenvalue weighted by Gasteiger charge is -2.25. The predicted octanol–water partition coefficient (Wildman–Crippen LogP) is 4.18. The fourth-order valence-corrected chi connectivity index (χ4v) is 2.58. The van der Waals surface area contributed by atoms with Crippen LogP contribution in [0.5, 0.6) is 0 Å². The van der Waals surface area contributed by atoms with Crippen LogP contribution in [0.25, 0.3) is 11.1 Å². The highest BCUT2D eigenvalue weighted by Crippen LogP contribution is 2.39. The molecule has 1 unspecified atom stereocenters. The second-order valence-corrected chi connectivity index (χ2v) is 4.29. The fraction of sp³-hybridized carbons (Fsp3) is 0.125. The van der Waals surface area contributed by atoms with Gasteiger partial charge >= 0.3 is 0 Å². The highest BCUT2D eigenvalue weighted by molar-refractivity contribution is 5.74. The number of allylic oxidation sites excluding steroid dienone is 1. The Hall–Kier alpha value is -1.82. The second-order valence-electron chi connectivity index (χ2n) is 4.29. The molecule has 3 rings (SSSR count). The van der Waals surface area contributed by atoms with Gasteiger partial charge in [-0.25, -0.2) is 0 Å². The Morgan fingerprint density at radius 1 is 0.938 bits per heavy atom. The highest BCUT2D eigenvalue weighted by Gasteiger charge is 2.21. The summed E-state index contributed by atoms with van der Waals surface area (Å²) in [5, 5.41) is 0. The molecule has 0 saturated carbocycles. The van der Waals surface area contributed by atoms with Crippen molar-refractivity contribution in [2.45, 2.75) is 12.3 Å². The third-order valence-corrected chi connectivity index (χ3v) is 3.39. The molecule has 2 aromatic carbocycles. The van der Waals surface area contributed by atoms with Crippen molar-refractivity contribution in [3.8, 4) is 11.1 Å². The number of rotatable bonds is 1. The summed E-state index contributed by atoms with van der Waals surface area (Å²) in [7, 11) is 0. The molecule has 0 radical (unpaired) electrons. The van der Waals surface area contributed by atoms with Gasteiger partial charge in [0.1, 0.15) is 0 Å². The molecule has 0 heteroatoms. The normalized spacial score (nSPS) is 17.4. The van der Waals surface area contributed by atoms with E-state index in [0.29, 0.717) is 5.92 Å². The summed E-state index contributed by atoms with van der Waals surface area (Å²) in [5.41, 5.74) is 5.60. The van der Waals surface area contributed by atoms with E-state index in [2.05, 4.69) is 61.2 Å². The first-order valence-electron chi connectivity index (χ1n) is 5.70. The molecule has 0 aromatic heterocycles. The minimum absolute atomic E-state index is 0.464. The van der Waals surface area contributed by atoms with Gasteiger partial charge in [0.25, 0.3) is 0 Å². The summed E-state index contributed by atoms with van der Waals surface area (Å²) in [5.74, 6) is 0.464. The van der Waals surface area contributed by atoms with Crippen molar-refractivity contribution in [3.63, 3.8) is 0 Å². The Morgan fingerprint density at radius 3 is 2.44 bits per heavy atom. The topological polar surface area (TPSA) is 0 Å². The second kappa shape index (κ2) is 3.64. The van der Waals surface area contributed by atoms with E-state index in [9.17, 15) is 0 Å². The molecule has 0 spiro atoms. The van der Waals surface area contributed by atoms with Crippen molar-refractivity contribution in [2.75, 3.05) is 0 Å². The molecule has 0 bridgehead atoms. The smallest absolute Gasteiger partial charge is 0.00620 e. The van der Waals surface area contributed by atoms with Gasteiger partial charge in [0.2, 0.25) is 0 Å². The highest BCUT2D eigenvalue weighted by atomic mass is 14.2. The SMILES string of the molecule is C=CC1Cc2ccccc2-c2ccccc21. The maximum absolute atomic E-state index is 3.96. The molecule has 0 N–H and O–H groups in total. The Morgan fingerprint density at radius 2 is 1.62 bits per heavy atom. The Balaban J connectivity index is 2.28. The minimum Gasteiger partial charge on any atom is -0.102 e. The summed E-state index contributed by atoms with van der Waals surface area (Å²) in [6, 6.07) is 17.3. The van der Waals surface area contributed by atoms with Crippen molar-refractivity contribution in [2.24, 2.45) is 0 Å². The maximum atomic E-state index is 3.96. The Kier molecular flexibility index (Phi) is 2.14. The van der Waals surface area contributed by atoms with Crippen LogP contribution in [-0.4, -0.2) is 0 Å². The van der Waals surface area contributed by atoms with Crippen molar-refractivity contribution in [1.82, 2.24) is 0 Å². The largest absolute Gasteiger partial charge is 0.102 e. The van der Waals surface area contributed by atoms with Gasteiger partial charge < -0.3 is 0 Å². The Labute approximate surface area is 96.3 Å². The summed E-state index contributed by atoms with van der Waals surface area (Å²) in [6.45, 7) is 3.96. The van der Waals surface area contributed by atoms with E-state index in [0.717, 1.165) is 6.42 Å². The molecule has 2 aromatic rings. The van der Waals surface area contributed by atoms with Gasteiger partial charge in [-0.1, -0.05) is 54.6 Å². The summed E-state index contributed by atoms with van der Waals surface area (Å²) >= 11 is 0. The molecule has 16 heavy (non-hydrogen) atoms. The van der Waals surface area contributed by atoms with E-state index in [1.165, 1.54) is 22.3 Å². The summed E-state index contributed by atoms with van der Waals surface area (Å²) in [4.78, 5) is 0. The molecule has 0 saturated heterocycles. The van der Waals surface area contributed by atoms with Crippen LogP contribution in [0.4, 0.5) is 0 Å². The Bertz CT molecular complexity index is 537. The van der Waals surface area contributed by atoms with E-state index in [4.69, 9.17) is 0 Å². The van der Waals surface area contributed by atoms with E-state index < -0.39 is 0 Å². The quantitative estimate of drug-likeness (QED) is 0.614. The molecule has 1 atom stereocenters. The van der Waals surface area contributed by atoms with Gasteiger partial charge in [-0.05, 0) is 28.7 Å². The van der Waals surface area contributed by atoms with Crippen LogP contribution in [0.3, 0.4) is 0 Å². The predicted molar refractivity (Wildman–Crippen MR) is 68.5 cm³/mol. The van der Waals surface area contributed by atoms with Crippen LogP contribution in [-0.2, 0) is 6.42 Å². The molecule has 0 amide bonds. The molecule has 78 valence electrons. The molecule has 0 heterocycles. The zero-order valence-electron chi connectivity index (χ0n) is 9.19. The summed E-state index contributed by atoms with van der Waals surface area (Å²) < 4.78 is 0. The van der Waals surface area contributed by atoms with Crippen LogP contribution in [0.15, 0.2) is 61.2 Å². The van der Waals surface area contributed by atoms with Crippen molar-refractivity contribution in [3.05, 3.63) is 72.3 Å². The van der Waals surface area contributed by atoms with Gasteiger partial charge in [-0.2, -0.15) is 0 Å². The average molecular weight is 206 g/mol. The van der Waals surface area contributed by atoms with E-state index in [1.807, 2.05) is 0 Å². The lowest BCUT2D eigenvalue weighted by Crippen LogP contribution is -2.08. The molecule has 1 aliphatic carbocycles. The standard InChI is InChI=1S/C16H14/c1-2-12-11-13-7-3-4-9-15(13)16-10-6-5-8-14(12)16/h2-10,12H,1,11H2. The van der Waals surface area contributed by atoms with E-state index in [-0.39, 0.29) is 0 Å². The van der Waals surface area contributed by atoms with Crippen molar-refractivity contribution >= 4 is 0 Å². The maximum Gasteiger partial charge on any atom is 0.00620 e. The van der Waals surface area contributed by atoms with Crippen molar-refractivity contribution in [1.29, 1.82) is 0 Å². The zero-order valence-corrected chi connectivity index (χ0v) is 9.19. The molecule has 1 aliphatic rings. The van der Waals surface area contributed by atoms with Gasteiger partial charge in [-0.15, -0.1) is 6.58 Å². The third-order valence-electron chi connectivity index (χ3n) is 3.39. The van der Waals surface area contributed by atoms with Crippen molar-refractivity contribution < 1.29 is 0 Å². The monoisotopic (exact) mass is 206 g/mol. The zero-order chi connectivity index (χ0) is 11.0. The van der Waals surface area contributed by atoms with Gasteiger partial charge in [0, 0.05) is 5.92 Å². The van der Waals surface area contributed by atoms with Crippen LogP contribution in [0.1, 0.15) is 17.0 Å². The lowest BCUT2D eigenvalue weighted by molar-refractivity contribution is 0.825. The lowest BCUT2D eigenvalue weighted by atomic mass is 9.79. The van der Waals surface area contributed by atoms with Crippen LogP contribution in [0, 0.1) is 0 Å². The average Bonchev–Trinajstić information content (AvgIpc) is 2.38. The van der Waals surface area contributed by atoms with Gasteiger partial charge in [0.05, 0.1) is 0 Å². The van der Waals surface area contributed by atoms with E-state index in [1.54, 1.807) is 0 Å².